The molecule has 2 aromatic rings. The molecule has 0 N–H and O–H groups in total. The SMILES string of the molecule is CCCCc1ccc(S(=O)(=O)[O-])cc1.CCCCc1ccc(S(=O)(=O)[O-])cc1.[Ba+2]. The van der Waals surface area contributed by atoms with E-state index in [0.29, 0.717) is 0 Å². The van der Waals surface area contributed by atoms with E-state index in [9.17, 15) is 25.9 Å². The number of aryl methyl sites for hydroxylation is 2. The van der Waals surface area contributed by atoms with Crippen LogP contribution in [0.5, 0.6) is 0 Å². The molecule has 2 rings (SSSR count). The van der Waals surface area contributed by atoms with Crippen molar-refractivity contribution in [3.8, 4) is 0 Å². The van der Waals surface area contributed by atoms with Crippen LogP contribution in [-0.2, 0) is 33.1 Å². The Labute approximate surface area is 214 Å². The van der Waals surface area contributed by atoms with Gasteiger partial charge in [0.05, 0.1) is 9.79 Å². The summed E-state index contributed by atoms with van der Waals surface area (Å²) in [7, 11) is -8.58. The maximum atomic E-state index is 10.6. The quantitative estimate of drug-likeness (QED) is 0.359. The zero-order valence-corrected chi connectivity index (χ0v) is 22.9. The molecule has 29 heavy (non-hydrogen) atoms. The average Bonchev–Trinajstić information content (AvgIpc) is 2.64. The van der Waals surface area contributed by atoms with Crippen LogP contribution in [0.15, 0.2) is 58.3 Å². The fraction of sp³-hybridized carbons (Fsp3) is 0.400. The Balaban J connectivity index is 0.000000523. The molecule has 0 heterocycles. The molecule has 0 unspecified atom stereocenters. The van der Waals surface area contributed by atoms with Gasteiger partial charge in [-0.1, -0.05) is 51.0 Å². The largest absolute Gasteiger partial charge is 2.00 e. The third-order valence-corrected chi connectivity index (χ3v) is 5.76. The molecule has 0 aromatic heterocycles. The van der Waals surface area contributed by atoms with Gasteiger partial charge in [-0.25, -0.2) is 16.8 Å². The van der Waals surface area contributed by atoms with Gasteiger partial charge in [-0.05, 0) is 61.1 Å². The summed E-state index contributed by atoms with van der Waals surface area (Å²) in [5.74, 6) is 0. The first-order chi connectivity index (χ1) is 13.1. The predicted molar refractivity (Wildman–Crippen MR) is 112 cm³/mol. The van der Waals surface area contributed by atoms with Crippen molar-refractivity contribution in [3.05, 3.63) is 59.7 Å². The van der Waals surface area contributed by atoms with Crippen LogP contribution in [0.4, 0.5) is 0 Å². The van der Waals surface area contributed by atoms with Crippen LogP contribution in [0.2, 0.25) is 0 Å². The van der Waals surface area contributed by atoms with E-state index in [1.54, 1.807) is 24.3 Å². The van der Waals surface area contributed by atoms with Crippen molar-refractivity contribution >= 4 is 69.1 Å². The van der Waals surface area contributed by atoms with Crippen LogP contribution in [0.25, 0.3) is 0 Å². The summed E-state index contributed by atoms with van der Waals surface area (Å²) in [4.78, 5) is -0.310. The zero-order chi connectivity index (χ0) is 21.2. The molecule has 6 nitrogen and oxygen atoms in total. The van der Waals surface area contributed by atoms with Crippen LogP contribution in [0.3, 0.4) is 0 Å². The van der Waals surface area contributed by atoms with Crippen molar-refractivity contribution in [2.24, 2.45) is 0 Å². The van der Waals surface area contributed by atoms with Gasteiger partial charge in [0, 0.05) is 0 Å². The minimum absolute atomic E-state index is 0. The predicted octanol–water partition coefficient (Wildman–Crippen LogP) is 3.49. The third-order valence-electron chi connectivity index (χ3n) is 4.06. The van der Waals surface area contributed by atoms with Crippen molar-refractivity contribution in [2.45, 2.75) is 62.2 Å². The molecule has 0 atom stereocenters. The van der Waals surface area contributed by atoms with Gasteiger partial charge >= 0.3 is 48.9 Å². The average molecular weight is 564 g/mol. The fourth-order valence-corrected chi connectivity index (χ4v) is 3.35. The van der Waals surface area contributed by atoms with Gasteiger partial charge in [-0.15, -0.1) is 0 Å². The zero-order valence-electron chi connectivity index (χ0n) is 16.8. The molecule has 0 bridgehead atoms. The normalized spacial score (nSPS) is 11.2. The van der Waals surface area contributed by atoms with Crippen molar-refractivity contribution in [1.29, 1.82) is 0 Å². The summed E-state index contributed by atoms with van der Waals surface area (Å²) >= 11 is 0. The Kier molecular flexibility index (Phi) is 13.9. The molecule has 2 aromatic carbocycles. The van der Waals surface area contributed by atoms with Gasteiger partial charge in [-0.2, -0.15) is 0 Å². The molecule has 0 aliphatic heterocycles. The van der Waals surface area contributed by atoms with E-state index < -0.39 is 20.2 Å². The number of benzene rings is 2. The van der Waals surface area contributed by atoms with Gasteiger partial charge in [0.15, 0.2) is 0 Å². The molecule has 0 saturated carbocycles. The first-order valence-electron chi connectivity index (χ1n) is 9.17. The summed E-state index contributed by atoms with van der Waals surface area (Å²) in [5.41, 5.74) is 2.14. The Hall–Kier alpha value is -0.169. The van der Waals surface area contributed by atoms with Crippen LogP contribution in [0, 0.1) is 0 Å². The maximum absolute atomic E-state index is 10.6. The molecule has 0 aliphatic rings. The van der Waals surface area contributed by atoms with E-state index in [0.717, 1.165) is 49.7 Å². The van der Waals surface area contributed by atoms with Gasteiger partial charge in [0.2, 0.25) is 0 Å². The molecule has 9 heteroatoms. The van der Waals surface area contributed by atoms with Crippen molar-refractivity contribution in [1.82, 2.24) is 0 Å². The number of hydrogen-bond acceptors (Lipinski definition) is 6. The van der Waals surface area contributed by atoms with Gasteiger partial charge < -0.3 is 9.11 Å². The fourth-order valence-electron chi connectivity index (χ4n) is 2.41. The van der Waals surface area contributed by atoms with Crippen molar-refractivity contribution < 1.29 is 25.9 Å². The Morgan fingerprint density at radius 2 is 0.897 bits per heavy atom. The number of rotatable bonds is 8. The summed E-state index contributed by atoms with van der Waals surface area (Å²) in [6.45, 7) is 4.19. The number of unbranched alkanes of at least 4 members (excludes halogenated alkanes) is 2. The van der Waals surface area contributed by atoms with Gasteiger partial charge in [0.25, 0.3) is 0 Å². The Bertz CT molecular complexity index is 842. The first-order valence-corrected chi connectivity index (χ1v) is 12.0. The van der Waals surface area contributed by atoms with E-state index in [-0.39, 0.29) is 58.7 Å². The summed E-state index contributed by atoms with van der Waals surface area (Å²) in [5, 5.41) is 0. The van der Waals surface area contributed by atoms with E-state index in [1.807, 2.05) is 0 Å². The second-order valence-electron chi connectivity index (χ2n) is 6.40. The molecular formula is C20H26BaO6S2. The summed E-state index contributed by atoms with van der Waals surface area (Å²) in [6, 6.07) is 12.3. The minimum Gasteiger partial charge on any atom is -0.744 e. The Morgan fingerprint density at radius 3 is 1.10 bits per heavy atom. The molecule has 0 radical (unpaired) electrons. The smallest absolute Gasteiger partial charge is 0.744 e. The van der Waals surface area contributed by atoms with Gasteiger partial charge in [0.1, 0.15) is 20.2 Å². The second-order valence-corrected chi connectivity index (χ2v) is 9.16. The number of hydrogen-bond donors (Lipinski definition) is 0. The summed E-state index contributed by atoms with van der Waals surface area (Å²) < 4.78 is 63.6. The molecule has 156 valence electrons. The van der Waals surface area contributed by atoms with Crippen molar-refractivity contribution in [3.63, 3.8) is 0 Å². The first kappa shape index (κ1) is 28.8. The molecule has 0 amide bonds. The molecule has 0 saturated heterocycles. The Morgan fingerprint density at radius 1 is 0.621 bits per heavy atom. The van der Waals surface area contributed by atoms with Crippen molar-refractivity contribution in [2.75, 3.05) is 0 Å². The van der Waals surface area contributed by atoms with E-state index in [2.05, 4.69) is 13.8 Å². The van der Waals surface area contributed by atoms with Crippen LogP contribution in [-0.4, -0.2) is 74.8 Å². The molecule has 0 aliphatic carbocycles. The topological polar surface area (TPSA) is 114 Å². The maximum Gasteiger partial charge on any atom is 2.00 e. The third kappa shape index (κ3) is 11.7. The van der Waals surface area contributed by atoms with E-state index in [4.69, 9.17) is 0 Å². The molecular weight excluding hydrogens is 538 g/mol. The van der Waals surface area contributed by atoms with E-state index in [1.165, 1.54) is 24.3 Å². The standard InChI is InChI=1S/2C10H14O3S.Ba/c2*1-2-3-4-9-5-7-10(8-6-9)14(11,12)13;/h2*5-8H,2-4H2,1H3,(H,11,12,13);/q;;+2/p-2. The second kappa shape index (κ2) is 14.0. The molecule has 0 fully saturated rings. The van der Waals surface area contributed by atoms with Crippen LogP contribution >= 0.6 is 0 Å². The molecule has 0 spiro atoms. The summed E-state index contributed by atoms with van der Waals surface area (Å²) in [6.07, 6.45) is 6.20. The minimum atomic E-state index is -4.29. The van der Waals surface area contributed by atoms with E-state index >= 15 is 0 Å². The monoisotopic (exact) mass is 564 g/mol. The van der Waals surface area contributed by atoms with Gasteiger partial charge in [-0.3, -0.25) is 0 Å². The van der Waals surface area contributed by atoms with Crippen LogP contribution in [0.1, 0.15) is 50.7 Å². The van der Waals surface area contributed by atoms with Crippen LogP contribution < -0.4 is 0 Å².